The molecule has 0 amide bonds. The Labute approximate surface area is 149 Å². The van der Waals surface area contributed by atoms with E-state index in [-0.39, 0.29) is 22.4 Å². The minimum atomic E-state index is -0.320. The molecule has 0 heterocycles. The second-order valence-electron chi connectivity index (χ2n) is 8.92. The second-order valence-corrected chi connectivity index (χ2v) is 8.92. The molecule has 0 bridgehead atoms. The van der Waals surface area contributed by atoms with Crippen LogP contribution in [0.4, 0.5) is 0 Å². The van der Waals surface area contributed by atoms with E-state index in [9.17, 15) is 14.7 Å². The predicted octanol–water partition coefficient (Wildman–Crippen LogP) is 4.70. The Kier molecular flexibility index (Phi) is 3.49. The van der Waals surface area contributed by atoms with Crippen molar-refractivity contribution in [2.45, 2.75) is 59.3 Å². The number of aliphatic hydroxyl groups excluding tert-OH is 1. The third-order valence-corrected chi connectivity index (χ3v) is 8.07. The van der Waals surface area contributed by atoms with Crippen molar-refractivity contribution in [3.8, 4) is 0 Å². The van der Waals surface area contributed by atoms with Crippen LogP contribution in [0.25, 0.3) is 0 Å². The number of Topliss-reactive ketones (excluding diaryl/α,β-unsaturated/α-hetero) is 1. The van der Waals surface area contributed by atoms with E-state index in [0.717, 1.165) is 48.8 Å². The zero-order valence-electron chi connectivity index (χ0n) is 15.5. The lowest BCUT2D eigenvalue weighted by molar-refractivity contribution is -0.131. The SMILES string of the molecule is C=C1C[C@@H]2[C@H](CC[C@]3(C)C(=O)CC[C@@H]23)[C@@]2(C)C(CC)=CC(=O)C(O)=C12. The summed E-state index contributed by atoms with van der Waals surface area (Å²) in [5.41, 5.74) is 2.30. The van der Waals surface area contributed by atoms with Crippen molar-refractivity contribution in [1.82, 2.24) is 0 Å². The van der Waals surface area contributed by atoms with Gasteiger partial charge in [0.2, 0.25) is 5.78 Å². The van der Waals surface area contributed by atoms with Crippen LogP contribution >= 0.6 is 0 Å². The molecule has 0 saturated heterocycles. The van der Waals surface area contributed by atoms with Gasteiger partial charge in [-0.25, -0.2) is 0 Å². The number of ketones is 2. The highest BCUT2D eigenvalue weighted by molar-refractivity contribution is 6.05. The van der Waals surface area contributed by atoms with Crippen molar-refractivity contribution >= 4 is 11.6 Å². The minimum absolute atomic E-state index is 0.0982. The molecule has 0 aliphatic heterocycles. The molecule has 4 rings (SSSR count). The number of allylic oxidation sites excluding steroid dienone is 4. The molecule has 0 unspecified atom stereocenters. The van der Waals surface area contributed by atoms with Gasteiger partial charge in [-0.1, -0.05) is 32.9 Å². The molecule has 3 fully saturated rings. The van der Waals surface area contributed by atoms with E-state index in [1.54, 1.807) is 6.08 Å². The average Bonchev–Trinajstić information content (AvgIpc) is 2.86. The van der Waals surface area contributed by atoms with Crippen molar-refractivity contribution in [2.24, 2.45) is 28.6 Å². The fourth-order valence-corrected chi connectivity index (χ4v) is 6.78. The summed E-state index contributed by atoms with van der Waals surface area (Å²) in [6.45, 7) is 10.7. The molecule has 3 nitrogen and oxygen atoms in total. The van der Waals surface area contributed by atoms with Gasteiger partial charge in [-0.2, -0.15) is 0 Å². The Bertz CT molecular complexity index is 755. The fourth-order valence-electron chi connectivity index (χ4n) is 6.78. The molecule has 4 aliphatic carbocycles. The number of aliphatic hydroxyl groups is 1. The molecule has 134 valence electrons. The smallest absolute Gasteiger partial charge is 0.220 e. The first-order chi connectivity index (χ1) is 11.7. The number of carbonyl (C=O) groups is 2. The molecule has 0 aromatic rings. The van der Waals surface area contributed by atoms with Crippen LogP contribution in [-0.2, 0) is 9.59 Å². The first-order valence-electron chi connectivity index (χ1n) is 9.65. The van der Waals surface area contributed by atoms with Gasteiger partial charge in [-0.15, -0.1) is 0 Å². The zero-order chi connectivity index (χ0) is 18.1. The van der Waals surface area contributed by atoms with Gasteiger partial charge in [0.05, 0.1) is 0 Å². The van der Waals surface area contributed by atoms with Crippen molar-refractivity contribution in [3.63, 3.8) is 0 Å². The van der Waals surface area contributed by atoms with Gasteiger partial charge in [-0.3, -0.25) is 9.59 Å². The molecular formula is C22H28O3. The number of hydrogen-bond acceptors (Lipinski definition) is 3. The molecule has 0 aromatic carbocycles. The van der Waals surface area contributed by atoms with Crippen molar-refractivity contribution in [1.29, 1.82) is 0 Å². The molecule has 0 radical (unpaired) electrons. The van der Waals surface area contributed by atoms with E-state index in [2.05, 4.69) is 27.4 Å². The van der Waals surface area contributed by atoms with Crippen LogP contribution in [0.5, 0.6) is 0 Å². The van der Waals surface area contributed by atoms with Crippen LogP contribution in [0.15, 0.2) is 35.1 Å². The fraction of sp³-hybridized carbons (Fsp3) is 0.636. The van der Waals surface area contributed by atoms with Gasteiger partial charge in [0.25, 0.3) is 0 Å². The topological polar surface area (TPSA) is 54.4 Å². The number of carbonyl (C=O) groups excluding carboxylic acids is 2. The van der Waals surface area contributed by atoms with Crippen molar-refractivity contribution in [3.05, 3.63) is 35.1 Å². The minimum Gasteiger partial charge on any atom is -0.504 e. The van der Waals surface area contributed by atoms with Crippen LogP contribution in [0, 0.1) is 28.6 Å². The Hall–Kier alpha value is -1.64. The van der Waals surface area contributed by atoms with Crippen molar-refractivity contribution < 1.29 is 14.7 Å². The zero-order valence-corrected chi connectivity index (χ0v) is 15.5. The molecule has 0 aromatic heterocycles. The molecule has 3 heteroatoms. The summed E-state index contributed by atoms with van der Waals surface area (Å²) in [5, 5.41) is 10.6. The molecule has 4 aliphatic rings. The van der Waals surface area contributed by atoms with Gasteiger partial charge in [-0.05, 0) is 61.5 Å². The van der Waals surface area contributed by atoms with E-state index < -0.39 is 0 Å². The van der Waals surface area contributed by atoms with Gasteiger partial charge in [0, 0.05) is 22.8 Å². The Morgan fingerprint density at radius 3 is 2.64 bits per heavy atom. The lowest BCUT2D eigenvalue weighted by atomic mass is 9.46. The quantitative estimate of drug-likeness (QED) is 0.753. The average molecular weight is 340 g/mol. The lowest BCUT2D eigenvalue weighted by Crippen LogP contribution is -2.52. The summed E-state index contributed by atoms with van der Waals surface area (Å²) in [6.07, 6.45) is 6.86. The third kappa shape index (κ3) is 1.93. The third-order valence-electron chi connectivity index (χ3n) is 8.07. The maximum Gasteiger partial charge on any atom is 0.220 e. The second kappa shape index (κ2) is 5.18. The Morgan fingerprint density at radius 2 is 1.96 bits per heavy atom. The van der Waals surface area contributed by atoms with Crippen LogP contribution in [0.2, 0.25) is 0 Å². The first kappa shape index (κ1) is 16.8. The summed E-state index contributed by atoms with van der Waals surface area (Å²) in [7, 11) is 0. The summed E-state index contributed by atoms with van der Waals surface area (Å²) in [5.74, 6) is 1.26. The first-order valence-corrected chi connectivity index (χ1v) is 9.65. The van der Waals surface area contributed by atoms with Crippen molar-refractivity contribution in [2.75, 3.05) is 0 Å². The van der Waals surface area contributed by atoms with E-state index in [1.165, 1.54) is 0 Å². The Balaban J connectivity index is 1.85. The van der Waals surface area contributed by atoms with Crippen LogP contribution in [0.3, 0.4) is 0 Å². The highest BCUT2D eigenvalue weighted by atomic mass is 16.3. The lowest BCUT2D eigenvalue weighted by Gasteiger charge is -2.57. The molecule has 1 N–H and O–H groups in total. The van der Waals surface area contributed by atoms with E-state index >= 15 is 0 Å². The monoisotopic (exact) mass is 340 g/mol. The van der Waals surface area contributed by atoms with E-state index in [4.69, 9.17) is 0 Å². The molecule has 0 spiro atoms. The number of fused-ring (bicyclic) bond motifs is 5. The van der Waals surface area contributed by atoms with Gasteiger partial charge in [0.15, 0.2) is 5.76 Å². The summed E-state index contributed by atoms with van der Waals surface area (Å²) >= 11 is 0. The molecule has 25 heavy (non-hydrogen) atoms. The van der Waals surface area contributed by atoms with Crippen LogP contribution in [0.1, 0.15) is 59.3 Å². The van der Waals surface area contributed by atoms with Crippen LogP contribution in [-0.4, -0.2) is 16.7 Å². The van der Waals surface area contributed by atoms with Gasteiger partial charge >= 0.3 is 0 Å². The summed E-state index contributed by atoms with van der Waals surface area (Å²) in [6, 6.07) is 0. The molecular weight excluding hydrogens is 312 g/mol. The summed E-state index contributed by atoms with van der Waals surface area (Å²) in [4.78, 5) is 24.8. The standard InChI is InChI=1S/C22H28O3/c1-5-13-11-17(23)20(25)19-12(2)10-14-15-6-7-18(24)21(15,3)9-8-16(14)22(13,19)4/h11,14-16,25H,2,5-10H2,1,3-4H3/t14-,15-,16-,21-,22+/m0/s1. The molecule has 3 saturated carbocycles. The number of rotatable bonds is 1. The predicted molar refractivity (Wildman–Crippen MR) is 97.0 cm³/mol. The highest BCUT2D eigenvalue weighted by Gasteiger charge is 2.61. The maximum absolute atomic E-state index is 12.5. The molecule has 5 atom stereocenters. The normalized spacial score (nSPS) is 43.6. The highest BCUT2D eigenvalue weighted by Crippen LogP contribution is 2.66. The van der Waals surface area contributed by atoms with Crippen LogP contribution < -0.4 is 0 Å². The van der Waals surface area contributed by atoms with E-state index in [0.29, 0.717) is 30.0 Å². The summed E-state index contributed by atoms with van der Waals surface area (Å²) < 4.78 is 0. The van der Waals surface area contributed by atoms with E-state index in [1.807, 2.05) is 0 Å². The largest absolute Gasteiger partial charge is 0.504 e. The van der Waals surface area contributed by atoms with Gasteiger partial charge in [0.1, 0.15) is 5.78 Å². The Morgan fingerprint density at radius 1 is 1.24 bits per heavy atom. The maximum atomic E-state index is 12.5. The number of hydrogen-bond donors (Lipinski definition) is 1. The van der Waals surface area contributed by atoms with Gasteiger partial charge < -0.3 is 5.11 Å².